The zero-order valence-electron chi connectivity index (χ0n) is 15.3. The van der Waals surface area contributed by atoms with Crippen LogP contribution in [0.15, 0.2) is 24.3 Å². The monoisotopic (exact) mass is 374 g/mol. The van der Waals surface area contributed by atoms with Gasteiger partial charge in [-0.15, -0.1) is 0 Å². The van der Waals surface area contributed by atoms with E-state index in [0.29, 0.717) is 17.0 Å². The first kappa shape index (κ1) is 22.2. The van der Waals surface area contributed by atoms with Crippen molar-refractivity contribution in [1.29, 1.82) is 0 Å². The summed E-state index contributed by atoms with van der Waals surface area (Å²) in [7, 11) is 0. The minimum absolute atomic E-state index is 0. The predicted molar refractivity (Wildman–Crippen MR) is 96.8 cm³/mol. The Morgan fingerprint density at radius 2 is 1.92 bits per heavy atom. The summed E-state index contributed by atoms with van der Waals surface area (Å²) in [6, 6.07) is 6.49. The van der Waals surface area contributed by atoms with Gasteiger partial charge in [0.25, 0.3) is 0 Å². The number of hydrogen-bond donors (Lipinski definition) is 0. The van der Waals surface area contributed by atoms with E-state index in [1.165, 1.54) is 6.07 Å². The number of likely N-dealkylation sites (tertiary alicyclic amines) is 1. The Morgan fingerprint density at radius 3 is 2.48 bits per heavy atom. The number of benzene rings is 1. The standard InChI is InChI=1S/C18H22ClNO4.Na/c1-11-8-14(15(21)12-6-5-7-13(19)9-12)16(22)20(10-11)17(23)24-18(2,3)4;/h5-7,9,11,14H,8,10H2,1-4H3;/t11-,14?;/m0./s1. The molecular weight excluding hydrogens is 353 g/mol. The first-order valence-corrected chi connectivity index (χ1v) is 8.30. The van der Waals surface area contributed by atoms with Crippen LogP contribution >= 0.6 is 11.6 Å². The molecule has 0 aromatic heterocycles. The van der Waals surface area contributed by atoms with E-state index in [2.05, 4.69) is 0 Å². The molecular formula is C18H22ClNNaO4. The molecule has 1 unspecified atom stereocenters. The van der Waals surface area contributed by atoms with Crippen molar-refractivity contribution >= 4 is 58.9 Å². The van der Waals surface area contributed by atoms with Crippen molar-refractivity contribution in [2.24, 2.45) is 11.8 Å². The predicted octanol–water partition coefficient (Wildman–Crippen LogP) is 3.56. The second-order valence-electron chi connectivity index (χ2n) is 7.20. The Labute approximate surface area is 175 Å². The van der Waals surface area contributed by atoms with Crippen LogP contribution in [0.25, 0.3) is 0 Å². The van der Waals surface area contributed by atoms with Crippen LogP contribution in [0.2, 0.25) is 5.02 Å². The Morgan fingerprint density at radius 1 is 1.28 bits per heavy atom. The van der Waals surface area contributed by atoms with E-state index in [1.807, 2.05) is 6.92 Å². The van der Waals surface area contributed by atoms with E-state index in [9.17, 15) is 14.4 Å². The molecule has 1 saturated heterocycles. The van der Waals surface area contributed by atoms with Crippen molar-refractivity contribution in [2.45, 2.75) is 39.7 Å². The molecule has 0 N–H and O–H groups in total. The Bertz CT molecular complexity index is 671. The number of nitrogens with zero attached hydrogens (tertiary/aromatic N) is 1. The Kier molecular flexibility index (Phi) is 7.69. The number of piperidine rings is 1. The molecule has 1 aliphatic heterocycles. The third kappa shape index (κ3) is 5.81. The zero-order chi connectivity index (χ0) is 18.1. The smallest absolute Gasteiger partial charge is 0.417 e. The number of hydrogen-bond acceptors (Lipinski definition) is 4. The summed E-state index contributed by atoms with van der Waals surface area (Å²) < 4.78 is 5.28. The summed E-state index contributed by atoms with van der Waals surface area (Å²) in [4.78, 5) is 38.7. The first-order valence-electron chi connectivity index (χ1n) is 7.92. The number of carbonyl (C=O) groups is 3. The van der Waals surface area contributed by atoms with E-state index in [0.717, 1.165) is 4.90 Å². The molecule has 2 amide bonds. The van der Waals surface area contributed by atoms with Gasteiger partial charge >= 0.3 is 6.09 Å². The minimum Gasteiger partial charge on any atom is -0.443 e. The fourth-order valence-corrected chi connectivity index (χ4v) is 2.90. The molecule has 1 radical (unpaired) electrons. The molecule has 0 bridgehead atoms. The number of ketones is 1. The van der Waals surface area contributed by atoms with Crippen LogP contribution in [0.4, 0.5) is 4.79 Å². The normalized spacial score (nSPS) is 20.7. The average Bonchev–Trinajstić information content (AvgIpc) is 2.46. The molecule has 1 aliphatic rings. The summed E-state index contributed by atoms with van der Waals surface area (Å²) in [5.41, 5.74) is -0.330. The maximum absolute atomic E-state index is 12.7. The van der Waals surface area contributed by atoms with Gasteiger partial charge in [0, 0.05) is 46.7 Å². The number of rotatable bonds is 2. The molecule has 0 aliphatic carbocycles. The van der Waals surface area contributed by atoms with Crippen molar-refractivity contribution in [2.75, 3.05) is 6.54 Å². The summed E-state index contributed by atoms with van der Waals surface area (Å²) in [5.74, 6) is -1.70. The second kappa shape index (κ2) is 8.67. The molecule has 1 aromatic rings. The molecule has 1 fully saturated rings. The fourth-order valence-electron chi connectivity index (χ4n) is 2.71. The van der Waals surface area contributed by atoms with Gasteiger partial charge < -0.3 is 4.74 Å². The number of carbonyl (C=O) groups excluding carboxylic acids is 3. The van der Waals surface area contributed by atoms with Crippen molar-refractivity contribution in [3.8, 4) is 0 Å². The summed E-state index contributed by atoms with van der Waals surface area (Å²) in [5, 5.41) is 0.432. The molecule has 7 heteroatoms. The topological polar surface area (TPSA) is 63.7 Å². The van der Waals surface area contributed by atoms with Crippen LogP contribution in [0.5, 0.6) is 0 Å². The van der Waals surface area contributed by atoms with Crippen LogP contribution < -0.4 is 0 Å². The number of Topliss-reactive ketones (excluding diaryl/α,β-unsaturated/α-hetero) is 1. The third-order valence-electron chi connectivity index (χ3n) is 3.74. The fraction of sp³-hybridized carbons (Fsp3) is 0.500. The van der Waals surface area contributed by atoms with Crippen LogP contribution in [0.1, 0.15) is 44.5 Å². The maximum atomic E-state index is 12.7. The largest absolute Gasteiger partial charge is 0.443 e. The minimum atomic E-state index is -0.889. The number of halogens is 1. The van der Waals surface area contributed by atoms with Crippen LogP contribution in [0.3, 0.4) is 0 Å². The zero-order valence-corrected chi connectivity index (χ0v) is 18.1. The Balaban J connectivity index is 0.00000312. The molecule has 5 nitrogen and oxygen atoms in total. The molecule has 0 saturated carbocycles. The van der Waals surface area contributed by atoms with E-state index < -0.39 is 23.5 Å². The summed E-state index contributed by atoms with van der Waals surface area (Å²) >= 11 is 5.92. The second-order valence-corrected chi connectivity index (χ2v) is 7.63. The number of imide groups is 1. The van der Waals surface area contributed by atoms with Crippen molar-refractivity contribution < 1.29 is 19.1 Å². The summed E-state index contributed by atoms with van der Waals surface area (Å²) in [6.45, 7) is 7.36. The van der Waals surface area contributed by atoms with Crippen LogP contribution in [-0.4, -0.2) is 64.4 Å². The molecule has 0 spiro atoms. The van der Waals surface area contributed by atoms with Gasteiger partial charge in [0.2, 0.25) is 5.91 Å². The molecule has 2 atom stereocenters. The van der Waals surface area contributed by atoms with Gasteiger partial charge in [0.15, 0.2) is 5.78 Å². The Hall–Kier alpha value is -0.880. The number of amides is 2. The quantitative estimate of drug-likeness (QED) is 0.451. The van der Waals surface area contributed by atoms with Crippen molar-refractivity contribution in [1.82, 2.24) is 4.90 Å². The maximum Gasteiger partial charge on any atom is 0.417 e. The van der Waals surface area contributed by atoms with E-state index >= 15 is 0 Å². The average molecular weight is 375 g/mol. The SMILES string of the molecule is C[C@H]1CC(C(=O)c2cccc(Cl)c2)C(=O)N(C(=O)OC(C)(C)C)C1.[Na]. The van der Waals surface area contributed by atoms with Gasteiger partial charge in [-0.2, -0.15) is 0 Å². The van der Waals surface area contributed by atoms with Crippen molar-refractivity contribution in [3.63, 3.8) is 0 Å². The van der Waals surface area contributed by atoms with E-state index in [1.54, 1.807) is 39.0 Å². The van der Waals surface area contributed by atoms with Gasteiger partial charge in [-0.25, -0.2) is 9.69 Å². The van der Waals surface area contributed by atoms with Crippen LogP contribution in [-0.2, 0) is 9.53 Å². The molecule has 25 heavy (non-hydrogen) atoms. The molecule has 1 aromatic carbocycles. The first-order chi connectivity index (χ1) is 11.1. The molecule has 131 valence electrons. The molecule has 1 heterocycles. The van der Waals surface area contributed by atoms with Gasteiger partial charge in [-0.3, -0.25) is 9.59 Å². The van der Waals surface area contributed by atoms with Gasteiger partial charge in [0.05, 0.1) is 0 Å². The van der Waals surface area contributed by atoms with Gasteiger partial charge in [0.1, 0.15) is 11.5 Å². The van der Waals surface area contributed by atoms with Crippen LogP contribution in [0, 0.1) is 11.8 Å². The molecule has 2 rings (SSSR count). The third-order valence-corrected chi connectivity index (χ3v) is 3.97. The van der Waals surface area contributed by atoms with E-state index in [4.69, 9.17) is 16.3 Å². The van der Waals surface area contributed by atoms with Gasteiger partial charge in [-0.1, -0.05) is 30.7 Å². The number of ether oxygens (including phenoxy) is 1. The van der Waals surface area contributed by atoms with Crippen molar-refractivity contribution in [3.05, 3.63) is 34.9 Å². The summed E-state index contributed by atoms with van der Waals surface area (Å²) in [6.07, 6.45) is -0.299. The van der Waals surface area contributed by atoms with E-state index in [-0.39, 0.29) is 47.8 Å². The van der Waals surface area contributed by atoms with Gasteiger partial charge in [-0.05, 0) is 45.2 Å².